The molecule has 1 saturated heterocycles. The maximum absolute atomic E-state index is 9.49. The molecule has 3 nitrogen and oxygen atoms in total. The Labute approximate surface area is 110 Å². The number of halogens is 1. The Bertz CT molecular complexity index is 424. The van der Waals surface area contributed by atoms with Crippen molar-refractivity contribution >= 4 is 15.9 Å². The number of ether oxygens (including phenoxy) is 1. The van der Waals surface area contributed by atoms with Gasteiger partial charge in [-0.1, -0.05) is 15.9 Å². The summed E-state index contributed by atoms with van der Waals surface area (Å²) in [6, 6.07) is 6.17. The van der Waals surface area contributed by atoms with Crippen molar-refractivity contribution in [3.05, 3.63) is 28.2 Å². The van der Waals surface area contributed by atoms with Crippen LogP contribution in [-0.4, -0.2) is 41.8 Å². The van der Waals surface area contributed by atoms with Gasteiger partial charge < -0.3 is 9.84 Å². The minimum atomic E-state index is -0.145. The molecule has 2 atom stereocenters. The van der Waals surface area contributed by atoms with Crippen molar-refractivity contribution in [3.8, 4) is 5.75 Å². The zero-order valence-electron chi connectivity index (χ0n) is 9.60. The highest BCUT2D eigenvalue weighted by atomic mass is 79.9. The molecule has 0 bridgehead atoms. The average Bonchev–Trinajstić information content (AvgIpc) is 2.84. The van der Waals surface area contributed by atoms with Crippen molar-refractivity contribution in [2.75, 3.05) is 19.6 Å². The fraction of sp³-hybridized carbons (Fsp3) is 0.538. The van der Waals surface area contributed by atoms with Crippen molar-refractivity contribution in [2.45, 2.75) is 25.0 Å². The Hall–Kier alpha value is -0.580. The van der Waals surface area contributed by atoms with Gasteiger partial charge in [-0.05, 0) is 30.2 Å². The predicted molar refractivity (Wildman–Crippen MR) is 69.3 cm³/mol. The molecule has 1 unspecified atom stereocenters. The van der Waals surface area contributed by atoms with Gasteiger partial charge in [0.05, 0.1) is 6.10 Å². The van der Waals surface area contributed by atoms with E-state index in [1.165, 1.54) is 5.56 Å². The van der Waals surface area contributed by atoms with E-state index in [1.807, 2.05) is 12.1 Å². The first-order valence-corrected chi connectivity index (χ1v) is 6.85. The average molecular weight is 298 g/mol. The summed E-state index contributed by atoms with van der Waals surface area (Å²) in [6.07, 6.45) is 1.96. The van der Waals surface area contributed by atoms with E-state index in [2.05, 4.69) is 26.9 Å². The highest BCUT2D eigenvalue weighted by Crippen LogP contribution is 2.31. The number of benzene rings is 1. The highest BCUT2D eigenvalue weighted by molar-refractivity contribution is 9.10. The Kier molecular flexibility index (Phi) is 3.11. The molecule has 2 aliphatic rings. The maximum Gasteiger partial charge on any atom is 0.123 e. The van der Waals surface area contributed by atoms with Crippen LogP contribution < -0.4 is 4.74 Å². The Morgan fingerprint density at radius 3 is 3.12 bits per heavy atom. The van der Waals surface area contributed by atoms with Crippen molar-refractivity contribution in [3.63, 3.8) is 0 Å². The zero-order chi connectivity index (χ0) is 11.8. The monoisotopic (exact) mass is 297 g/mol. The molecule has 4 heteroatoms. The summed E-state index contributed by atoms with van der Waals surface area (Å²) < 4.78 is 7.02. The molecule has 17 heavy (non-hydrogen) atoms. The number of rotatable bonds is 2. The summed E-state index contributed by atoms with van der Waals surface area (Å²) >= 11 is 3.48. The standard InChI is InChI=1S/C13H16BrNO2/c14-10-1-2-13-9(5-10)6-12(17-13)8-15-4-3-11(16)7-15/h1-2,5,11-12,16H,3-4,6-8H2/t11-,12?/m1/s1. The van der Waals surface area contributed by atoms with Crippen LogP contribution in [0.5, 0.6) is 5.75 Å². The van der Waals surface area contributed by atoms with Gasteiger partial charge in [0.1, 0.15) is 11.9 Å². The number of aliphatic hydroxyl groups excluding tert-OH is 1. The normalized spacial score (nSPS) is 28.1. The molecule has 1 N–H and O–H groups in total. The molecule has 0 spiro atoms. The molecule has 0 radical (unpaired) electrons. The lowest BCUT2D eigenvalue weighted by atomic mass is 10.1. The summed E-state index contributed by atoms with van der Waals surface area (Å²) in [5.41, 5.74) is 1.28. The largest absolute Gasteiger partial charge is 0.488 e. The van der Waals surface area contributed by atoms with E-state index in [1.54, 1.807) is 0 Å². The topological polar surface area (TPSA) is 32.7 Å². The molecular formula is C13H16BrNO2. The van der Waals surface area contributed by atoms with Gasteiger partial charge in [-0.25, -0.2) is 0 Å². The van der Waals surface area contributed by atoms with Gasteiger partial charge in [0.2, 0.25) is 0 Å². The lowest BCUT2D eigenvalue weighted by molar-refractivity contribution is 0.142. The van der Waals surface area contributed by atoms with Crippen molar-refractivity contribution in [2.24, 2.45) is 0 Å². The van der Waals surface area contributed by atoms with Crippen LogP contribution in [0, 0.1) is 0 Å². The second kappa shape index (κ2) is 4.59. The Morgan fingerprint density at radius 2 is 2.35 bits per heavy atom. The van der Waals surface area contributed by atoms with Gasteiger partial charge in [0.15, 0.2) is 0 Å². The van der Waals surface area contributed by atoms with Crippen LogP contribution in [0.2, 0.25) is 0 Å². The summed E-state index contributed by atoms with van der Waals surface area (Å²) in [5, 5.41) is 9.49. The third-order valence-electron chi connectivity index (χ3n) is 3.47. The number of β-amino-alcohol motifs (C(OH)–C–C–N with tert-alkyl or cyclic N) is 1. The van der Waals surface area contributed by atoms with E-state index < -0.39 is 0 Å². The quantitative estimate of drug-likeness (QED) is 0.904. The number of hydrogen-bond acceptors (Lipinski definition) is 3. The smallest absolute Gasteiger partial charge is 0.123 e. The van der Waals surface area contributed by atoms with Crippen LogP contribution in [-0.2, 0) is 6.42 Å². The lowest BCUT2D eigenvalue weighted by Gasteiger charge is -2.19. The second-order valence-corrected chi connectivity index (χ2v) is 5.81. The first-order valence-electron chi connectivity index (χ1n) is 6.06. The van der Waals surface area contributed by atoms with Gasteiger partial charge >= 0.3 is 0 Å². The summed E-state index contributed by atoms with van der Waals surface area (Å²) in [6.45, 7) is 2.70. The summed E-state index contributed by atoms with van der Waals surface area (Å²) in [7, 11) is 0. The molecule has 2 heterocycles. The molecule has 1 aromatic carbocycles. The minimum absolute atomic E-state index is 0.145. The predicted octanol–water partition coefficient (Wildman–Crippen LogP) is 1.82. The zero-order valence-corrected chi connectivity index (χ0v) is 11.2. The number of aliphatic hydroxyl groups is 1. The van der Waals surface area contributed by atoms with Crippen LogP contribution in [0.1, 0.15) is 12.0 Å². The Balaban J connectivity index is 1.62. The van der Waals surface area contributed by atoms with Crippen molar-refractivity contribution in [1.82, 2.24) is 4.90 Å². The molecule has 0 aromatic heterocycles. The molecule has 0 saturated carbocycles. The van der Waals surface area contributed by atoms with Gasteiger partial charge in [0.25, 0.3) is 0 Å². The van der Waals surface area contributed by atoms with Crippen LogP contribution in [0.4, 0.5) is 0 Å². The first-order chi connectivity index (χ1) is 8.20. The molecule has 0 aliphatic carbocycles. The molecule has 1 fully saturated rings. The van der Waals surface area contributed by atoms with E-state index in [-0.39, 0.29) is 12.2 Å². The summed E-state index contributed by atoms with van der Waals surface area (Å²) in [5.74, 6) is 1.01. The number of nitrogens with zero attached hydrogens (tertiary/aromatic N) is 1. The van der Waals surface area contributed by atoms with E-state index in [0.717, 1.165) is 42.7 Å². The second-order valence-electron chi connectivity index (χ2n) is 4.90. The van der Waals surface area contributed by atoms with Gasteiger partial charge in [-0.2, -0.15) is 0 Å². The van der Waals surface area contributed by atoms with Crippen LogP contribution in [0.3, 0.4) is 0 Å². The van der Waals surface area contributed by atoms with E-state index in [4.69, 9.17) is 4.74 Å². The van der Waals surface area contributed by atoms with Crippen LogP contribution >= 0.6 is 15.9 Å². The highest BCUT2D eigenvalue weighted by Gasteiger charge is 2.28. The van der Waals surface area contributed by atoms with Gasteiger partial charge in [-0.15, -0.1) is 0 Å². The summed E-state index contributed by atoms with van der Waals surface area (Å²) in [4.78, 5) is 2.29. The van der Waals surface area contributed by atoms with Gasteiger partial charge in [-0.3, -0.25) is 4.90 Å². The third kappa shape index (κ3) is 2.49. The molecule has 2 aliphatic heterocycles. The van der Waals surface area contributed by atoms with Crippen molar-refractivity contribution in [1.29, 1.82) is 0 Å². The fourth-order valence-corrected chi connectivity index (χ4v) is 3.07. The molecule has 3 rings (SSSR count). The number of fused-ring (bicyclic) bond motifs is 1. The molecule has 1 aromatic rings. The first kappa shape index (κ1) is 11.5. The van der Waals surface area contributed by atoms with Crippen LogP contribution in [0.15, 0.2) is 22.7 Å². The number of likely N-dealkylation sites (tertiary alicyclic amines) is 1. The fourth-order valence-electron chi connectivity index (χ4n) is 2.66. The van der Waals surface area contributed by atoms with Gasteiger partial charge in [0, 0.05) is 30.5 Å². The van der Waals surface area contributed by atoms with Crippen LogP contribution in [0.25, 0.3) is 0 Å². The molecular weight excluding hydrogens is 282 g/mol. The Morgan fingerprint density at radius 1 is 1.47 bits per heavy atom. The minimum Gasteiger partial charge on any atom is -0.488 e. The van der Waals surface area contributed by atoms with E-state index in [9.17, 15) is 5.11 Å². The maximum atomic E-state index is 9.49. The third-order valence-corrected chi connectivity index (χ3v) is 3.97. The SMILES string of the molecule is O[C@@H]1CCN(CC2Cc3cc(Br)ccc3O2)C1. The van der Waals surface area contributed by atoms with E-state index >= 15 is 0 Å². The van der Waals surface area contributed by atoms with E-state index in [0.29, 0.717) is 0 Å². The van der Waals surface area contributed by atoms with Crippen molar-refractivity contribution < 1.29 is 9.84 Å². The molecule has 0 amide bonds. The number of hydrogen-bond donors (Lipinski definition) is 1. The lowest BCUT2D eigenvalue weighted by Crippen LogP contribution is -2.33. The molecule has 92 valence electrons.